The molecule has 1 atom stereocenters. The molecule has 0 aromatic rings. The molecule has 3 nitrogen and oxygen atoms in total. The summed E-state index contributed by atoms with van der Waals surface area (Å²) >= 11 is 0. The number of hydrogen-bond acceptors (Lipinski definition) is 3. The smallest absolute Gasteiger partial charge is 0.314 e. The fourth-order valence-electron chi connectivity index (χ4n) is 1.23. The van der Waals surface area contributed by atoms with Crippen LogP contribution in [0, 0.1) is 10.8 Å². The Balaban J connectivity index is 4.85. The Morgan fingerprint density at radius 1 is 1.19 bits per heavy atom. The zero-order chi connectivity index (χ0) is 13.0. The van der Waals surface area contributed by atoms with Crippen molar-refractivity contribution in [1.29, 1.82) is 0 Å². The zero-order valence-electron chi connectivity index (χ0n) is 11.7. The van der Waals surface area contributed by atoms with Crippen molar-refractivity contribution in [1.82, 2.24) is 0 Å². The standard InChI is InChI=1S/C13H26O3/c1-8-15-9-13(7,12(4,5)6)11(14)16-10(2)3/h10H,8-9H2,1-7H3. The van der Waals surface area contributed by atoms with Gasteiger partial charge in [-0.1, -0.05) is 20.8 Å². The quantitative estimate of drug-likeness (QED) is 0.681. The number of hydrogen-bond donors (Lipinski definition) is 0. The van der Waals surface area contributed by atoms with Crippen LogP contribution in [-0.2, 0) is 14.3 Å². The van der Waals surface area contributed by atoms with Crippen molar-refractivity contribution in [2.45, 2.75) is 54.6 Å². The fraction of sp³-hybridized carbons (Fsp3) is 0.923. The second-order valence-corrected chi connectivity index (χ2v) is 5.67. The van der Waals surface area contributed by atoms with Crippen molar-refractivity contribution in [2.75, 3.05) is 13.2 Å². The van der Waals surface area contributed by atoms with Crippen LogP contribution in [0.15, 0.2) is 0 Å². The first-order valence-corrected chi connectivity index (χ1v) is 5.94. The molecule has 0 heterocycles. The Hall–Kier alpha value is -0.570. The SMILES string of the molecule is CCOCC(C)(C(=O)OC(C)C)C(C)(C)C. The van der Waals surface area contributed by atoms with E-state index in [-0.39, 0.29) is 17.5 Å². The van der Waals surface area contributed by atoms with Crippen LogP contribution in [-0.4, -0.2) is 25.3 Å². The van der Waals surface area contributed by atoms with Gasteiger partial charge in [0.1, 0.15) is 0 Å². The molecule has 3 heteroatoms. The maximum Gasteiger partial charge on any atom is 0.314 e. The van der Waals surface area contributed by atoms with Gasteiger partial charge in [0.05, 0.1) is 18.1 Å². The predicted molar refractivity (Wildman–Crippen MR) is 65.3 cm³/mol. The summed E-state index contributed by atoms with van der Waals surface area (Å²) in [6.45, 7) is 14.7. The van der Waals surface area contributed by atoms with Gasteiger partial charge in [-0.05, 0) is 33.1 Å². The van der Waals surface area contributed by atoms with E-state index in [4.69, 9.17) is 9.47 Å². The Labute approximate surface area is 99.5 Å². The van der Waals surface area contributed by atoms with Crippen LogP contribution in [0.3, 0.4) is 0 Å². The van der Waals surface area contributed by atoms with Crippen molar-refractivity contribution in [3.05, 3.63) is 0 Å². The third kappa shape index (κ3) is 3.78. The minimum Gasteiger partial charge on any atom is -0.462 e. The maximum absolute atomic E-state index is 12.1. The number of rotatable bonds is 5. The van der Waals surface area contributed by atoms with Crippen LogP contribution < -0.4 is 0 Å². The minimum atomic E-state index is -0.604. The second kappa shape index (κ2) is 5.67. The van der Waals surface area contributed by atoms with E-state index >= 15 is 0 Å². The molecule has 0 saturated heterocycles. The van der Waals surface area contributed by atoms with Crippen molar-refractivity contribution in [2.24, 2.45) is 10.8 Å². The van der Waals surface area contributed by atoms with Crippen LogP contribution in [0.2, 0.25) is 0 Å². The van der Waals surface area contributed by atoms with Crippen LogP contribution in [0.4, 0.5) is 0 Å². The highest BCUT2D eigenvalue weighted by atomic mass is 16.5. The molecule has 1 unspecified atom stereocenters. The number of ether oxygens (including phenoxy) is 2. The van der Waals surface area contributed by atoms with Crippen LogP contribution >= 0.6 is 0 Å². The Kier molecular flexibility index (Phi) is 5.47. The molecule has 0 aliphatic carbocycles. The molecular weight excluding hydrogens is 204 g/mol. The maximum atomic E-state index is 12.1. The van der Waals surface area contributed by atoms with E-state index in [9.17, 15) is 4.79 Å². The van der Waals surface area contributed by atoms with E-state index in [0.717, 1.165) is 0 Å². The molecule has 16 heavy (non-hydrogen) atoms. The molecule has 0 aromatic carbocycles. The number of carbonyl (C=O) groups is 1. The zero-order valence-corrected chi connectivity index (χ0v) is 11.7. The molecule has 0 saturated carbocycles. The van der Waals surface area contributed by atoms with Gasteiger partial charge in [-0.2, -0.15) is 0 Å². The average molecular weight is 230 g/mol. The fourth-order valence-corrected chi connectivity index (χ4v) is 1.23. The molecule has 0 aliphatic heterocycles. The van der Waals surface area contributed by atoms with Gasteiger partial charge in [-0.15, -0.1) is 0 Å². The van der Waals surface area contributed by atoms with Crippen LogP contribution in [0.25, 0.3) is 0 Å². The van der Waals surface area contributed by atoms with E-state index < -0.39 is 5.41 Å². The summed E-state index contributed by atoms with van der Waals surface area (Å²) in [5, 5.41) is 0. The highest BCUT2D eigenvalue weighted by Gasteiger charge is 2.46. The molecule has 0 spiro atoms. The molecule has 0 N–H and O–H groups in total. The molecule has 0 radical (unpaired) electrons. The van der Waals surface area contributed by atoms with Crippen LogP contribution in [0.1, 0.15) is 48.5 Å². The first-order chi connectivity index (χ1) is 7.15. The highest BCUT2D eigenvalue weighted by Crippen LogP contribution is 2.40. The van der Waals surface area contributed by atoms with Gasteiger partial charge >= 0.3 is 5.97 Å². The summed E-state index contributed by atoms with van der Waals surface area (Å²) in [7, 11) is 0. The summed E-state index contributed by atoms with van der Waals surface area (Å²) in [5.74, 6) is -0.177. The third-order valence-electron chi connectivity index (χ3n) is 3.04. The van der Waals surface area contributed by atoms with Crippen molar-refractivity contribution < 1.29 is 14.3 Å². The van der Waals surface area contributed by atoms with Gasteiger partial charge in [0.2, 0.25) is 0 Å². The van der Waals surface area contributed by atoms with Gasteiger partial charge < -0.3 is 9.47 Å². The minimum absolute atomic E-state index is 0.0872. The monoisotopic (exact) mass is 230 g/mol. The van der Waals surface area contributed by atoms with E-state index in [0.29, 0.717) is 13.2 Å². The molecule has 0 amide bonds. The molecule has 96 valence electrons. The number of esters is 1. The van der Waals surface area contributed by atoms with Gasteiger partial charge in [0.15, 0.2) is 0 Å². The van der Waals surface area contributed by atoms with Gasteiger partial charge in [-0.3, -0.25) is 4.79 Å². The lowest BCUT2D eigenvalue weighted by molar-refractivity contribution is -0.171. The highest BCUT2D eigenvalue weighted by molar-refractivity contribution is 5.77. The lowest BCUT2D eigenvalue weighted by Gasteiger charge is -2.39. The molecule has 0 fully saturated rings. The average Bonchev–Trinajstić information content (AvgIpc) is 2.10. The van der Waals surface area contributed by atoms with E-state index in [1.807, 2.05) is 48.5 Å². The Morgan fingerprint density at radius 2 is 1.69 bits per heavy atom. The number of carbonyl (C=O) groups excluding carboxylic acids is 1. The van der Waals surface area contributed by atoms with Crippen molar-refractivity contribution >= 4 is 5.97 Å². The normalized spacial score (nSPS) is 16.0. The molecular formula is C13H26O3. The summed E-state index contributed by atoms with van der Waals surface area (Å²) in [6, 6.07) is 0. The Morgan fingerprint density at radius 3 is 2.00 bits per heavy atom. The van der Waals surface area contributed by atoms with E-state index in [2.05, 4.69) is 0 Å². The van der Waals surface area contributed by atoms with Crippen molar-refractivity contribution in [3.63, 3.8) is 0 Å². The lowest BCUT2D eigenvalue weighted by Crippen LogP contribution is -2.46. The molecule has 0 aromatic heterocycles. The summed E-state index contributed by atoms with van der Waals surface area (Å²) in [4.78, 5) is 12.1. The first kappa shape index (κ1) is 15.4. The van der Waals surface area contributed by atoms with Crippen molar-refractivity contribution in [3.8, 4) is 0 Å². The summed E-state index contributed by atoms with van der Waals surface area (Å²) < 4.78 is 10.7. The van der Waals surface area contributed by atoms with E-state index in [1.54, 1.807) is 0 Å². The van der Waals surface area contributed by atoms with Gasteiger partial charge in [0.25, 0.3) is 0 Å². The largest absolute Gasteiger partial charge is 0.462 e. The topological polar surface area (TPSA) is 35.5 Å². The Bertz CT molecular complexity index is 228. The molecule has 0 bridgehead atoms. The first-order valence-electron chi connectivity index (χ1n) is 5.94. The predicted octanol–water partition coefficient (Wildman–Crippen LogP) is 3.03. The molecule has 0 rings (SSSR count). The van der Waals surface area contributed by atoms with Gasteiger partial charge in [-0.25, -0.2) is 0 Å². The molecule has 0 aliphatic rings. The lowest BCUT2D eigenvalue weighted by atomic mass is 9.68. The second-order valence-electron chi connectivity index (χ2n) is 5.67. The summed E-state index contributed by atoms with van der Waals surface area (Å²) in [5.41, 5.74) is -0.790. The van der Waals surface area contributed by atoms with Crippen LogP contribution in [0.5, 0.6) is 0 Å². The third-order valence-corrected chi connectivity index (χ3v) is 3.04. The summed E-state index contributed by atoms with van der Waals surface area (Å²) in [6.07, 6.45) is -0.0872. The van der Waals surface area contributed by atoms with E-state index in [1.165, 1.54) is 0 Å². The van der Waals surface area contributed by atoms with Gasteiger partial charge in [0, 0.05) is 6.61 Å².